The van der Waals surface area contributed by atoms with E-state index in [4.69, 9.17) is 4.74 Å². The molecule has 0 amide bonds. The minimum Gasteiger partial charge on any atom is -0.389 e. The van der Waals surface area contributed by atoms with Crippen LogP contribution < -0.4 is 5.32 Å². The van der Waals surface area contributed by atoms with E-state index in [1.807, 2.05) is 0 Å². The van der Waals surface area contributed by atoms with Crippen LogP contribution in [0.25, 0.3) is 0 Å². The number of rotatable bonds is 8. The van der Waals surface area contributed by atoms with Crippen LogP contribution in [0.4, 0.5) is 0 Å². The van der Waals surface area contributed by atoms with Gasteiger partial charge in [-0.25, -0.2) is 0 Å². The minimum absolute atomic E-state index is 0.225. The summed E-state index contributed by atoms with van der Waals surface area (Å²) >= 11 is 0. The third kappa shape index (κ3) is 7.28. The maximum absolute atomic E-state index is 9.99. The molecule has 1 fully saturated rings. The summed E-state index contributed by atoms with van der Waals surface area (Å²) in [6.07, 6.45) is 7.32. The molecule has 2 atom stereocenters. The van der Waals surface area contributed by atoms with E-state index in [-0.39, 0.29) is 11.6 Å². The van der Waals surface area contributed by atoms with Crippen LogP contribution in [0.2, 0.25) is 0 Å². The highest BCUT2D eigenvalue weighted by Crippen LogP contribution is 2.27. The molecule has 0 aromatic rings. The Labute approximate surface area is 119 Å². The van der Waals surface area contributed by atoms with Gasteiger partial charge in [-0.15, -0.1) is 0 Å². The number of nitrogens with one attached hydrogen (secondary N) is 1. The fourth-order valence-electron chi connectivity index (χ4n) is 2.94. The van der Waals surface area contributed by atoms with Gasteiger partial charge in [0.15, 0.2) is 0 Å². The van der Waals surface area contributed by atoms with Gasteiger partial charge in [0, 0.05) is 12.1 Å². The minimum atomic E-state index is -0.395. The molecule has 0 aromatic heterocycles. The van der Waals surface area contributed by atoms with Gasteiger partial charge in [-0.2, -0.15) is 0 Å². The summed E-state index contributed by atoms with van der Waals surface area (Å²) in [5.74, 6) is 0.645. The Bertz CT molecular complexity index is 237. The smallest absolute Gasteiger partial charge is 0.0898 e. The first-order chi connectivity index (χ1) is 8.91. The van der Waals surface area contributed by atoms with Crippen molar-refractivity contribution < 1.29 is 9.84 Å². The van der Waals surface area contributed by atoms with Gasteiger partial charge in [0.1, 0.15) is 0 Å². The lowest BCUT2D eigenvalue weighted by Crippen LogP contribution is -2.47. The van der Waals surface area contributed by atoms with Crippen LogP contribution in [0, 0.1) is 5.92 Å². The third-order valence-electron chi connectivity index (χ3n) is 4.10. The van der Waals surface area contributed by atoms with Crippen LogP contribution in [0.1, 0.15) is 66.2 Å². The molecule has 19 heavy (non-hydrogen) atoms. The number of aliphatic hydroxyl groups excluding tert-OH is 1. The molecule has 0 saturated heterocycles. The molecule has 0 bridgehead atoms. The SMILES string of the molecule is CC(C)CC(C)OCC(O)CNC1(C)CCCCC1. The van der Waals surface area contributed by atoms with Gasteiger partial charge in [-0.05, 0) is 39.0 Å². The normalized spacial score (nSPS) is 22.4. The van der Waals surface area contributed by atoms with Gasteiger partial charge >= 0.3 is 0 Å². The molecular formula is C16H33NO2. The Morgan fingerprint density at radius 3 is 2.37 bits per heavy atom. The molecule has 1 aliphatic carbocycles. The second kappa shape index (κ2) is 8.23. The van der Waals surface area contributed by atoms with Crippen molar-refractivity contribution in [3.05, 3.63) is 0 Å². The molecule has 2 unspecified atom stereocenters. The molecule has 1 aliphatic rings. The Morgan fingerprint density at radius 2 is 1.79 bits per heavy atom. The molecule has 0 heterocycles. The zero-order valence-electron chi connectivity index (χ0n) is 13.2. The van der Waals surface area contributed by atoms with Gasteiger partial charge < -0.3 is 15.2 Å². The Balaban J connectivity index is 2.15. The van der Waals surface area contributed by atoms with Crippen LogP contribution in [-0.2, 0) is 4.74 Å². The van der Waals surface area contributed by atoms with Crippen molar-refractivity contribution in [3.63, 3.8) is 0 Å². The number of aliphatic hydroxyl groups is 1. The van der Waals surface area contributed by atoms with Crippen molar-refractivity contribution in [1.82, 2.24) is 5.32 Å². The lowest BCUT2D eigenvalue weighted by atomic mass is 9.83. The highest BCUT2D eigenvalue weighted by atomic mass is 16.5. The first-order valence-corrected chi connectivity index (χ1v) is 7.96. The van der Waals surface area contributed by atoms with E-state index < -0.39 is 6.10 Å². The van der Waals surface area contributed by atoms with Crippen molar-refractivity contribution in [3.8, 4) is 0 Å². The second-order valence-corrected chi connectivity index (χ2v) is 6.93. The average Bonchev–Trinajstić information content (AvgIpc) is 2.34. The fraction of sp³-hybridized carbons (Fsp3) is 1.00. The molecular weight excluding hydrogens is 238 g/mol. The summed E-state index contributed by atoms with van der Waals surface area (Å²) < 4.78 is 5.70. The summed E-state index contributed by atoms with van der Waals surface area (Å²) in [7, 11) is 0. The van der Waals surface area contributed by atoms with E-state index in [9.17, 15) is 5.11 Å². The first kappa shape index (κ1) is 16.9. The monoisotopic (exact) mass is 271 g/mol. The molecule has 1 rings (SSSR count). The van der Waals surface area contributed by atoms with Crippen molar-refractivity contribution in [2.45, 2.75) is 84.0 Å². The molecule has 114 valence electrons. The van der Waals surface area contributed by atoms with Crippen LogP contribution in [0.3, 0.4) is 0 Å². The second-order valence-electron chi connectivity index (χ2n) is 6.93. The van der Waals surface area contributed by atoms with E-state index in [0.29, 0.717) is 19.1 Å². The van der Waals surface area contributed by atoms with Crippen molar-refractivity contribution in [1.29, 1.82) is 0 Å². The Kier molecular flexibility index (Phi) is 7.33. The molecule has 0 spiro atoms. The fourth-order valence-corrected chi connectivity index (χ4v) is 2.94. The third-order valence-corrected chi connectivity index (χ3v) is 4.10. The Morgan fingerprint density at radius 1 is 1.16 bits per heavy atom. The van der Waals surface area contributed by atoms with E-state index in [2.05, 4.69) is 33.0 Å². The largest absolute Gasteiger partial charge is 0.389 e. The molecule has 0 aromatic carbocycles. The van der Waals surface area contributed by atoms with E-state index in [1.165, 1.54) is 32.1 Å². The summed E-state index contributed by atoms with van der Waals surface area (Å²) in [4.78, 5) is 0. The topological polar surface area (TPSA) is 41.5 Å². The zero-order valence-corrected chi connectivity index (χ0v) is 13.2. The highest BCUT2D eigenvalue weighted by molar-refractivity contribution is 4.86. The predicted octanol–water partition coefficient (Wildman–Crippen LogP) is 3.11. The molecule has 0 radical (unpaired) electrons. The number of β-amino-alcohol motifs (C(OH)–C–C–N with tert-alkyl or cyclic N) is 1. The van der Waals surface area contributed by atoms with Crippen LogP contribution in [-0.4, -0.2) is 36.0 Å². The summed E-state index contributed by atoms with van der Waals surface area (Å²) in [5.41, 5.74) is 0.225. The van der Waals surface area contributed by atoms with Crippen molar-refractivity contribution >= 4 is 0 Å². The van der Waals surface area contributed by atoms with E-state index in [1.54, 1.807) is 0 Å². The zero-order chi connectivity index (χ0) is 14.3. The number of ether oxygens (including phenoxy) is 1. The van der Waals surface area contributed by atoms with E-state index in [0.717, 1.165) is 6.42 Å². The molecule has 2 N–H and O–H groups in total. The van der Waals surface area contributed by atoms with Gasteiger partial charge in [-0.1, -0.05) is 33.1 Å². The maximum atomic E-state index is 9.99. The first-order valence-electron chi connectivity index (χ1n) is 7.96. The number of hydrogen-bond acceptors (Lipinski definition) is 3. The van der Waals surface area contributed by atoms with Crippen LogP contribution in [0.5, 0.6) is 0 Å². The van der Waals surface area contributed by atoms with Crippen molar-refractivity contribution in [2.75, 3.05) is 13.2 Å². The summed E-state index contributed by atoms with van der Waals surface area (Å²) in [6, 6.07) is 0. The molecule has 1 saturated carbocycles. The maximum Gasteiger partial charge on any atom is 0.0898 e. The highest BCUT2D eigenvalue weighted by Gasteiger charge is 2.26. The Hall–Kier alpha value is -0.120. The summed E-state index contributed by atoms with van der Waals surface area (Å²) in [5, 5.41) is 13.5. The number of hydrogen-bond donors (Lipinski definition) is 2. The van der Waals surface area contributed by atoms with Gasteiger partial charge in [-0.3, -0.25) is 0 Å². The standard InChI is InChI=1S/C16H33NO2/c1-13(2)10-14(3)19-12-15(18)11-17-16(4)8-6-5-7-9-16/h13-15,17-18H,5-12H2,1-4H3. The van der Waals surface area contributed by atoms with Gasteiger partial charge in [0.25, 0.3) is 0 Å². The van der Waals surface area contributed by atoms with Crippen LogP contribution >= 0.6 is 0 Å². The molecule has 3 heteroatoms. The molecule has 3 nitrogen and oxygen atoms in total. The lowest BCUT2D eigenvalue weighted by Gasteiger charge is -2.35. The summed E-state index contributed by atoms with van der Waals surface area (Å²) in [6.45, 7) is 9.84. The van der Waals surface area contributed by atoms with Gasteiger partial charge in [0.05, 0.1) is 18.8 Å². The van der Waals surface area contributed by atoms with Crippen molar-refractivity contribution in [2.24, 2.45) is 5.92 Å². The lowest BCUT2D eigenvalue weighted by molar-refractivity contribution is -0.0114. The van der Waals surface area contributed by atoms with Crippen LogP contribution in [0.15, 0.2) is 0 Å². The average molecular weight is 271 g/mol. The molecule has 0 aliphatic heterocycles. The van der Waals surface area contributed by atoms with E-state index >= 15 is 0 Å². The quantitative estimate of drug-likeness (QED) is 0.713. The predicted molar refractivity (Wildman–Crippen MR) is 80.4 cm³/mol. The van der Waals surface area contributed by atoms with Gasteiger partial charge in [0.2, 0.25) is 0 Å².